The number of nitrogens with one attached hydrogen (secondary N) is 1. The van der Waals surface area contributed by atoms with E-state index in [1.165, 1.54) is 29.4 Å². The maximum atomic E-state index is 4.63. The van der Waals surface area contributed by atoms with E-state index in [1.807, 2.05) is 11.7 Å². The number of unbranched alkanes of at least 4 members (excludes halogenated alkanes) is 1. The van der Waals surface area contributed by atoms with Crippen molar-refractivity contribution in [3.63, 3.8) is 0 Å². The number of hydrogen-bond acceptors (Lipinski definition) is 2. The summed E-state index contributed by atoms with van der Waals surface area (Å²) in [5.74, 6) is 0. The standard InChI is InChI=1S/C16H25N3/c1-16(2,3)17-12-8-7-10-14-13-9-5-6-11-15(13)19(4)18-14/h5-6,9,11,17H,7-8,10,12H2,1-4H3. The summed E-state index contributed by atoms with van der Waals surface area (Å²) in [6.07, 6.45) is 3.44. The van der Waals surface area contributed by atoms with E-state index >= 15 is 0 Å². The minimum Gasteiger partial charge on any atom is -0.312 e. The molecule has 104 valence electrons. The van der Waals surface area contributed by atoms with E-state index in [2.05, 4.69) is 55.5 Å². The highest BCUT2D eigenvalue weighted by molar-refractivity contribution is 5.81. The molecule has 1 aromatic heterocycles. The number of aryl methyl sites for hydroxylation is 2. The van der Waals surface area contributed by atoms with Crippen LogP contribution in [-0.4, -0.2) is 21.9 Å². The summed E-state index contributed by atoms with van der Waals surface area (Å²) in [6.45, 7) is 7.70. The Morgan fingerprint density at radius 1 is 1.16 bits per heavy atom. The van der Waals surface area contributed by atoms with E-state index in [-0.39, 0.29) is 5.54 Å². The zero-order valence-electron chi connectivity index (χ0n) is 12.5. The van der Waals surface area contributed by atoms with Crippen LogP contribution in [0, 0.1) is 0 Å². The maximum absolute atomic E-state index is 4.63. The molecule has 0 saturated carbocycles. The second-order valence-electron chi connectivity index (χ2n) is 6.22. The average Bonchev–Trinajstić information content (AvgIpc) is 2.65. The number of nitrogens with zero attached hydrogens (tertiary/aromatic N) is 2. The van der Waals surface area contributed by atoms with E-state index in [0.29, 0.717) is 0 Å². The first-order valence-electron chi connectivity index (χ1n) is 7.13. The second-order valence-corrected chi connectivity index (χ2v) is 6.22. The molecule has 0 bridgehead atoms. The van der Waals surface area contributed by atoms with Gasteiger partial charge in [-0.15, -0.1) is 0 Å². The molecule has 2 rings (SSSR count). The molecule has 3 heteroatoms. The summed E-state index contributed by atoms with van der Waals surface area (Å²) >= 11 is 0. The minimum absolute atomic E-state index is 0.220. The Labute approximate surface area is 116 Å². The first kappa shape index (κ1) is 14.1. The third-order valence-electron chi connectivity index (χ3n) is 3.33. The fourth-order valence-electron chi connectivity index (χ4n) is 2.35. The van der Waals surface area contributed by atoms with Crippen LogP contribution in [-0.2, 0) is 13.5 Å². The van der Waals surface area contributed by atoms with E-state index in [4.69, 9.17) is 0 Å². The Morgan fingerprint density at radius 3 is 2.63 bits per heavy atom. The van der Waals surface area contributed by atoms with Crippen molar-refractivity contribution in [2.45, 2.75) is 45.6 Å². The molecule has 0 radical (unpaired) electrons. The van der Waals surface area contributed by atoms with Gasteiger partial charge in [0.05, 0.1) is 11.2 Å². The summed E-state index contributed by atoms with van der Waals surface area (Å²) < 4.78 is 1.98. The van der Waals surface area contributed by atoms with Gasteiger partial charge in [-0.25, -0.2) is 0 Å². The highest BCUT2D eigenvalue weighted by atomic mass is 15.3. The zero-order chi connectivity index (χ0) is 13.9. The Morgan fingerprint density at radius 2 is 1.89 bits per heavy atom. The predicted octanol–water partition coefficient (Wildman–Crippen LogP) is 3.28. The highest BCUT2D eigenvalue weighted by Crippen LogP contribution is 2.18. The lowest BCUT2D eigenvalue weighted by Gasteiger charge is -2.20. The molecule has 19 heavy (non-hydrogen) atoms. The van der Waals surface area contributed by atoms with E-state index in [1.54, 1.807) is 0 Å². The third-order valence-corrected chi connectivity index (χ3v) is 3.33. The molecule has 0 aliphatic heterocycles. The second kappa shape index (κ2) is 5.74. The molecule has 2 aromatic rings. The number of para-hydroxylation sites is 1. The molecule has 0 unspecified atom stereocenters. The Kier molecular flexibility index (Phi) is 4.25. The SMILES string of the molecule is Cn1nc(CCCCNC(C)(C)C)c2ccccc21. The number of rotatable bonds is 5. The molecule has 0 fully saturated rings. The number of aromatic nitrogens is 2. The number of hydrogen-bond donors (Lipinski definition) is 1. The van der Waals surface area contributed by atoms with Crippen LogP contribution < -0.4 is 5.32 Å². The van der Waals surface area contributed by atoms with Gasteiger partial charge in [0, 0.05) is 18.0 Å². The van der Waals surface area contributed by atoms with Crippen LogP contribution in [0.5, 0.6) is 0 Å². The summed E-state index contributed by atoms with van der Waals surface area (Å²) in [5.41, 5.74) is 2.68. The van der Waals surface area contributed by atoms with Gasteiger partial charge >= 0.3 is 0 Å². The maximum Gasteiger partial charge on any atom is 0.0703 e. The summed E-state index contributed by atoms with van der Waals surface area (Å²) in [5, 5.41) is 9.46. The summed E-state index contributed by atoms with van der Waals surface area (Å²) in [7, 11) is 2.02. The van der Waals surface area contributed by atoms with Crippen molar-refractivity contribution < 1.29 is 0 Å². The molecule has 0 aliphatic carbocycles. The van der Waals surface area contributed by atoms with Crippen LogP contribution in [0.25, 0.3) is 10.9 Å². The van der Waals surface area contributed by atoms with Crippen molar-refractivity contribution in [1.82, 2.24) is 15.1 Å². The topological polar surface area (TPSA) is 29.9 Å². The van der Waals surface area contributed by atoms with E-state index in [0.717, 1.165) is 13.0 Å². The summed E-state index contributed by atoms with van der Waals surface area (Å²) in [4.78, 5) is 0. The average molecular weight is 259 g/mol. The van der Waals surface area contributed by atoms with Crippen molar-refractivity contribution in [2.24, 2.45) is 7.05 Å². The van der Waals surface area contributed by atoms with Gasteiger partial charge in [-0.3, -0.25) is 4.68 Å². The molecule has 0 amide bonds. The van der Waals surface area contributed by atoms with Crippen molar-refractivity contribution in [1.29, 1.82) is 0 Å². The molecule has 3 nitrogen and oxygen atoms in total. The fraction of sp³-hybridized carbons (Fsp3) is 0.562. The van der Waals surface area contributed by atoms with Gasteiger partial charge < -0.3 is 5.32 Å². The minimum atomic E-state index is 0.220. The van der Waals surface area contributed by atoms with Crippen LogP contribution in [0.1, 0.15) is 39.3 Å². The van der Waals surface area contributed by atoms with E-state index in [9.17, 15) is 0 Å². The molecule has 1 heterocycles. The van der Waals surface area contributed by atoms with Crippen LogP contribution in [0.4, 0.5) is 0 Å². The van der Waals surface area contributed by atoms with Gasteiger partial charge in [0.15, 0.2) is 0 Å². The van der Waals surface area contributed by atoms with Crippen LogP contribution in [0.2, 0.25) is 0 Å². The lowest BCUT2D eigenvalue weighted by Crippen LogP contribution is -2.36. The van der Waals surface area contributed by atoms with Crippen molar-refractivity contribution in [3.05, 3.63) is 30.0 Å². The van der Waals surface area contributed by atoms with Crippen molar-refractivity contribution in [2.75, 3.05) is 6.54 Å². The Hall–Kier alpha value is -1.35. The smallest absolute Gasteiger partial charge is 0.0703 e. The first-order valence-corrected chi connectivity index (χ1v) is 7.13. The first-order chi connectivity index (χ1) is 8.97. The monoisotopic (exact) mass is 259 g/mol. The molecule has 1 N–H and O–H groups in total. The van der Waals surface area contributed by atoms with Gasteiger partial charge in [-0.2, -0.15) is 5.10 Å². The molecule has 0 aliphatic rings. The van der Waals surface area contributed by atoms with Crippen LogP contribution >= 0.6 is 0 Å². The van der Waals surface area contributed by atoms with Crippen LogP contribution in [0.3, 0.4) is 0 Å². The van der Waals surface area contributed by atoms with Gasteiger partial charge in [-0.1, -0.05) is 18.2 Å². The Bertz CT molecular complexity index is 534. The lowest BCUT2D eigenvalue weighted by atomic mass is 10.1. The number of benzene rings is 1. The largest absolute Gasteiger partial charge is 0.312 e. The molecular weight excluding hydrogens is 234 g/mol. The highest BCUT2D eigenvalue weighted by Gasteiger charge is 2.09. The lowest BCUT2D eigenvalue weighted by molar-refractivity contribution is 0.418. The summed E-state index contributed by atoms with van der Waals surface area (Å²) in [6, 6.07) is 8.47. The fourth-order valence-corrected chi connectivity index (χ4v) is 2.35. The molecule has 0 saturated heterocycles. The van der Waals surface area contributed by atoms with Gasteiger partial charge in [0.25, 0.3) is 0 Å². The molecular formula is C16H25N3. The van der Waals surface area contributed by atoms with Gasteiger partial charge in [0.1, 0.15) is 0 Å². The number of fused-ring (bicyclic) bond motifs is 1. The normalized spacial score (nSPS) is 12.2. The van der Waals surface area contributed by atoms with Gasteiger partial charge in [0.2, 0.25) is 0 Å². The molecule has 0 atom stereocenters. The van der Waals surface area contributed by atoms with Gasteiger partial charge in [-0.05, 0) is 52.6 Å². The van der Waals surface area contributed by atoms with Crippen LogP contribution in [0.15, 0.2) is 24.3 Å². The van der Waals surface area contributed by atoms with Crippen molar-refractivity contribution >= 4 is 10.9 Å². The molecule has 0 spiro atoms. The zero-order valence-corrected chi connectivity index (χ0v) is 12.5. The molecule has 1 aromatic carbocycles. The predicted molar refractivity (Wildman–Crippen MR) is 81.4 cm³/mol. The third kappa shape index (κ3) is 3.80. The van der Waals surface area contributed by atoms with Crippen molar-refractivity contribution in [3.8, 4) is 0 Å². The van der Waals surface area contributed by atoms with E-state index < -0.39 is 0 Å². The quantitative estimate of drug-likeness (QED) is 0.835. The Balaban J connectivity index is 1.89.